The van der Waals surface area contributed by atoms with E-state index >= 15 is 0 Å². The second kappa shape index (κ2) is 11.7. The summed E-state index contributed by atoms with van der Waals surface area (Å²) in [4.78, 5) is 14.4. The molecular weight excluding hydrogens is 445 g/mol. The van der Waals surface area contributed by atoms with Crippen LogP contribution in [0.3, 0.4) is 0 Å². The molecule has 0 atom stereocenters. The van der Waals surface area contributed by atoms with Gasteiger partial charge in [-0.25, -0.2) is 0 Å². The highest BCUT2D eigenvalue weighted by atomic mass is 35.5. The molecule has 1 amide bonds. The fraction of sp³-hybridized carbons (Fsp3) is 0.348. The van der Waals surface area contributed by atoms with E-state index in [0.29, 0.717) is 23.8 Å². The van der Waals surface area contributed by atoms with Gasteiger partial charge in [0.15, 0.2) is 11.5 Å². The largest absolute Gasteiger partial charge is 0.493 e. The number of halogens is 4. The predicted octanol–water partition coefficient (Wildman–Crippen LogP) is 5.08. The van der Waals surface area contributed by atoms with Crippen LogP contribution in [0.15, 0.2) is 36.4 Å². The first-order valence-corrected chi connectivity index (χ1v) is 10.3. The van der Waals surface area contributed by atoms with Crippen LogP contribution in [-0.2, 0) is 11.0 Å². The molecule has 0 bridgehead atoms. The van der Waals surface area contributed by atoms with Crippen molar-refractivity contribution >= 4 is 23.2 Å². The molecular formula is C23H24ClF3N2O3. The number of alkyl halides is 3. The van der Waals surface area contributed by atoms with Crippen LogP contribution in [0.2, 0.25) is 5.02 Å². The first kappa shape index (κ1) is 25.4. The number of ether oxygens (including phenoxy) is 2. The average molecular weight is 469 g/mol. The van der Waals surface area contributed by atoms with Gasteiger partial charge in [-0.05, 0) is 43.4 Å². The standard InChI is InChI=1S/C23H24ClF3N2O3/c1-4-29(5-2)12-13-32-20-10-9-18(15-21(20)31-3)28-22(30)11-7-16-6-8-17(14-19(16)24)23(25,26)27/h6,8-10,14-15H,4-5,12-13H2,1-3H3,(H,28,30). The molecule has 0 aliphatic heterocycles. The van der Waals surface area contributed by atoms with Crippen LogP contribution in [-0.4, -0.2) is 44.2 Å². The van der Waals surface area contributed by atoms with E-state index in [4.69, 9.17) is 21.1 Å². The number of nitrogens with one attached hydrogen (secondary N) is 1. The SMILES string of the molecule is CCN(CC)CCOc1ccc(NC(=O)C#Cc2ccc(C(F)(F)F)cc2Cl)cc1OC. The highest BCUT2D eigenvalue weighted by Crippen LogP contribution is 2.32. The second-order valence-corrected chi connectivity index (χ2v) is 7.04. The van der Waals surface area contributed by atoms with Crippen molar-refractivity contribution in [1.29, 1.82) is 0 Å². The summed E-state index contributed by atoms with van der Waals surface area (Å²) in [7, 11) is 1.49. The third-order valence-corrected chi connectivity index (χ3v) is 4.90. The molecule has 0 aliphatic rings. The first-order chi connectivity index (χ1) is 15.2. The number of hydrogen-bond donors (Lipinski definition) is 1. The van der Waals surface area contributed by atoms with Gasteiger partial charge < -0.3 is 19.7 Å². The molecule has 0 saturated heterocycles. The fourth-order valence-electron chi connectivity index (χ4n) is 2.77. The number of hydrogen-bond acceptors (Lipinski definition) is 4. The molecule has 5 nitrogen and oxygen atoms in total. The number of benzene rings is 2. The molecule has 172 valence electrons. The van der Waals surface area contributed by atoms with Crippen LogP contribution in [0.25, 0.3) is 0 Å². The maximum Gasteiger partial charge on any atom is 0.416 e. The molecule has 0 fully saturated rings. The van der Waals surface area contributed by atoms with Crippen molar-refractivity contribution in [3.63, 3.8) is 0 Å². The highest BCUT2D eigenvalue weighted by molar-refractivity contribution is 6.31. The van der Waals surface area contributed by atoms with E-state index in [1.165, 1.54) is 7.11 Å². The van der Waals surface area contributed by atoms with Crippen LogP contribution in [0, 0.1) is 11.8 Å². The summed E-state index contributed by atoms with van der Waals surface area (Å²) in [6.45, 7) is 7.28. The van der Waals surface area contributed by atoms with Gasteiger partial charge in [0, 0.05) is 29.8 Å². The summed E-state index contributed by atoms with van der Waals surface area (Å²) < 4.78 is 49.2. The quantitative estimate of drug-likeness (QED) is 0.549. The predicted molar refractivity (Wildman–Crippen MR) is 118 cm³/mol. The van der Waals surface area contributed by atoms with Gasteiger partial charge in [-0.3, -0.25) is 4.79 Å². The summed E-state index contributed by atoms with van der Waals surface area (Å²) in [6.07, 6.45) is -4.51. The van der Waals surface area contributed by atoms with Crippen molar-refractivity contribution in [2.45, 2.75) is 20.0 Å². The molecule has 1 N–H and O–H groups in total. The lowest BCUT2D eigenvalue weighted by atomic mass is 10.1. The van der Waals surface area contributed by atoms with Crippen molar-refractivity contribution in [1.82, 2.24) is 4.90 Å². The van der Waals surface area contributed by atoms with E-state index in [-0.39, 0.29) is 10.6 Å². The first-order valence-electron chi connectivity index (χ1n) is 9.90. The molecule has 0 aliphatic carbocycles. The minimum Gasteiger partial charge on any atom is -0.493 e. The van der Waals surface area contributed by atoms with Gasteiger partial charge in [0.25, 0.3) is 0 Å². The van der Waals surface area contributed by atoms with Crippen molar-refractivity contribution in [2.24, 2.45) is 0 Å². The maximum atomic E-state index is 12.7. The Morgan fingerprint density at radius 1 is 1.12 bits per heavy atom. The van der Waals surface area contributed by atoms with Crippen molar-refractivity contribution in [3.8, 4) is 23.3 Å². The van der Waals surface area contributed by atoms with Gasteiger partial charge in [0.05, 0.1) is 17.7 Å². The number of carbonyl (C=O) groups is 1. The maximum absolute atomic E-state index is 12.7. The van der Waals surface area contributed by atoms with Crippen molar-refractivity contribution in [2.75, 3.05) is 38.7 Å². The molecule has 0 unspecified atom stereocenters. The Bertz CT molecular complexity index is 996. The van der Waals surface area contributed by atoms with E-state index in [9.17, 15) is 18.0 Å². The molecule has 9 heteroatoms. The third-order valence-electron chi connectivity index (χ3n) is 4.59. The van der Waals surface area contributed by atoms with Gasteiger partial charge in [0.2, 0.25) is 0 Å². The van der Waals surface area contributed by atoms with Crippen LogP contribution >= 0.6 is 11.6 Å². The Morgan fingerprint density at radius 2 is 1.84 bits per heavy atom. The number of anilines is 1. The number of amides is 1. The minimum absolute atomic E-state index is 0.115. The Morgan fingerprint density at radius 3 is 2.44 bits per heavy atom. The van der Waals surface area contributed by atoms with E-state index in [1.807, 2.05) is 0 Å². The smallest absolute Gasteiger partial charge is 0.416 e. The Labute approximate surface area is 190 Å². The normalized spacial score (nSPS) is 11.0. The molecule has 32 heavy (non-hydrogen) atoms. The monoisotopic (exact) mass is 468 g/mol. The van der Waals surface area contributed by atoms with Crippen LogP contribution < -0.4 is 14.8 Å². The lowest BCUT2D eigenvalue weighted by Crippen LogP contribution is -2.27. The van der Waals surface area contributed by atoms with Gasteiger partial charge in [-0.2, -0.15) is 13.2 Å². The van der Waals surface area contributed by atoms with Crippen molar-refractivity contribution in [3.05, 3.63) is 52.5 Å². The molecule has 0 spiro atoms. The van der Waals surface area contributed by atoms with E-state index in [2.05, 4.69) is 35.9 Å². The zero-order valence-electron chi connectivity index (χ0n) is 18.0. The third kappa shape index (κ3) is 7.36. The summed E-state index contributed by atoms with van der Waals surface area (Å²) in [5.41, 5.74) is -0.343. The molecule has 0 heterocycles. The molecule has 0 aromatic heterocycles. The Kier molecular flexibility index (Phi) is 9.24. The topological polar surface area (TPSA) is 50.8 Å². The van der Waals surface area contributed by atoms with Gasteiger partial charge >= 0.3 is 12.1 Å². The van der Waals surface area contributed by atoms with Gasteiger partial charge in [-0.1, -0.05) is 31.4 Å². The zero-order chi connectivity index (χ0) is 23.7. The molecule has 2 rings (SSSR count). The number of rotatable bonds is 8. The van der Waals surface area contributed by atoms with Crippen LogP contribution in [0.4, 0.5) is 18.9 Å². The molecule has 2 aromatic rings. The van der Waals surface area contributed by atoms with E-state index in [0.717, 1.165) is 37.8 Å². The van der Waals surface area contributed by atoms with Crippen LogP contribution in [0.1, 0.15) is 25.0 Å². The lowest BCUT2D eigenvalue weighted by molar-refractivity contribution is -0.137. The minimum atomic E-state index is -4.51. The molecule has 0 radical (unpaired) electrons. The number of likely N-dealkylation sites (N-methyl/N-ethyl adjacent to an activating group) is 1. The summed E-state index contributed by atoms with van der Waals surface area (Å²) in [6, 6.07) is 7.66. The second-order valence-electron chi connectivity index (χ2n) is 6.64. The Balaban J connectivity index is 2.03. The van der Waals surface area contributed by atoms with E-state index in [1.54, 1.807) is 18.2 Å². The average Bonchev–Trinajstić information content (AvgIpc) is 2.75. The number of methoxy groups -OCH3 is 1. The highest BCUT2D eigenvalue weighted by Gasteiger charge is 2.30. The van der Waals surface area contributed by atoms with Crippen LogP contribution in [0.5, 0.6) is 11.5 Å². The van der Waals surface area contributed by atoms with Gasteiger partial charge in [-0.15, -0.1) is 0 Å². The van der Waals surface area contributed by atoms with Crippen molar-refractivity contribution < 1.29 is 27.4 Å². The lowest BCUT2D eigenvalue weighted by Gasteiger charge is -2.19. The molecule has 0 saturated carbocycles. The van der Waals surface area contributed by atoms with E-state index < -0.39 is 17.6 Å². The summed E-state index contributed by atoms with van der Waals surface area (Å²) in [5.74, 6) is 5.13. The zero-order valence-corrected chi connectivity index (χ0v) is 18.7. The summed E-state index contributed by atoms with van der Waals surface area (Å²) in [5, 5.41) is 2.40. The number of carbonyl (C=O) groups excluding carboxylic acids is 1. The number of nitrogens with zero attached hydrogens (tertiary/aromatic N) is 1. The fourth-order valence-corrected chi connectivity index (χ4v) is 3.00. The Hall–Kier alpha value is -2.89. The van der Waals surface area contributed by atoms with Gasteiger partial charge in [0.1, 0.15) is 6.61 Å². The molecule has 2 aromatic carbocycles. The summed E-state index contributed by atoms with van der Waals surface area (Å²) >= 11 is 5.85.